The molecular weight excluding hydrogens is 489 g/mol. The van der Waals surface area contributed by atoms with Gasteiger partial charge >= 0.3 is 6.03 Å². The average Bonchev–Trinajstić information content (AvgIpc) is 3.21. The number of rotatable bonds is 5. The minimum Gasteiger partial charge on any atom is -0.299 e. The smallest absolute Gasteiger partial charge is 0.299 e. The van der Waals surface area contributed by atoms with Crippen molar-refractivity contribution in [2.75, 3.05) is 18.0 Å². The van der Waals surface area contributed by atoms with Gasteiger partial charge in [0.1, 0.15) is 17.2 Å². The summed E-state index contributed by atoms with van der Waals surface area (Å²) in [6, 6.07) is 19.2. The summed E-state index contributed by atoms with van der Waals surface area (Å²) in [5, 5.41) is 3.12. The minimum atomic E-state index is -0.576. The topological polar surface area (TPSA) is 60.8 Å². The summed E-state index contributed by atoms with van der Waals surface area (Å²) in [7, 11) is 0. The number of halogens is 1. The number of urea groups is 1. The van der Waals surface area contributed by atoms with Gasteiger partial charge in [-0.2, -0.15) is 0 Å². The second-order valence-electron chi connectivity index (χ2n) is 11.2. The average molecular weight is 526 g/mol. The maximum atomic E-state index is 14.3. The number of benzene rings is 2. The van der Waals surface area contributed by atoms with Gasteiger partial charge in [0.05, 0.1) is 6.04 Å². The molecule has 1 aromatic heterocycles. The molecule has 3 fully saturated rings. The number of hydrogen-bond donors (Lipinski definition) is 1. The van der Waals surface area contributed by atoms with Crippen LogP contribution in [0.2, 0.25) is 0 Å². The third kappa shape index (κ3) is 5.20. The van der Waals surface area contributed by atoms with E-state index in [1.165, 1.54) is 42.5 Å². The number of piperidine rings is 1. The second-order valence-corrected chi connectivity index (χ2v) is 11.2. The molecule has 1 N–H and O–H groups in total. The zero-order chi connectivity index (χ0) is 26.8. The number of carbonyl (C=O) groups is 1. The van der Waals surface area contributed by atoms with E-state index in [0.29, 0.717) is 5.69 Å². The van der Waals surface area contributed by atoms with Crippen molar-refractivity contribution < 1.29 is 9.18 Å². The van der Waals surface area contributed by atoms with E-state index in [4.69, 9.17) is 4.99 Å². The highest BCUT2D eigenvalue weighted by Gasteiger charge is 2.53. The normalized spacial score (nSPS) is 21.0. The van der Waals surface area contributed by atoms with E-state index in [9.17, 15) is 9.18 Å². The Morgan fingerprint density at radius 2 is 1.82 bits per heavy atom. The van der Waals surface area contributed by atoms with Gasteiger partial charge in [-0.15, -0.1) is 0 Å². The largest absolute Gasteiger partial charge is 0.328 e. The lowest BCUT2D eigenvalue weighted by Crippen LogP contribution is -2.57. The number of nitrogens with one attached hydrogen (secondary N) is 1. The van der Waals surface area contributed by atoms with Gasteiger partial charge in [0, 0.05) is 42.8 Å². The van der Waals surface area contributed by atoms with Crippen molar-refractivity contribution >= 4 is 17.6 Å². The van der Waals surface area contributed by atoms with Crippen LogP contribution in [0.1, 0.15) is 56.2 Å². The molecule has 1 spiro atoms. The van der Waals surface area contributed by atoms with Crippen LogP contribution in [0.5, 0.6) is 0 Å². The van der Waals surface area contributed by atoms with Crippen LogP contribution in [0.15, 0.2) is 71.9 Å². The van der Waals surface area contributed by atoms with Crippen molar-refractivity contribution in [3.05, 3.63) is 83.9 Å². The summed E-state index contributed by atoms with van der Waals surface area (Å²) < 4.78 is 14.3. The predicted molar refractivity (Wildman–Crippen MR) is 153 cm³/mol. The zero-order valence-corrected chi connectivity index (χ0v) is 22.6. The SMILES string of the molecule is Cc1ncccc1-c1cccc(CN2CCC3(CC2)C(=NC2CCCCC2)NC(=O)N3c2cccc(F)c2)c1. The molecule has 2 amide bonds. The van der Waals surface area contributed by atoms with Crippen LogP contribution in [0, 0.1) is 12.7 Å². The first-order valence-corrected chi connectivity index (χ1v) is 14.2. The summed E-state index contributed by atoms with van der Waals surface area (Å²) in [4.78, 5) is 27.2. The molecule has 3 aliphatic rings. The maximum absolute atomic E-state index is 14.3. The number of anilines is 1. The van der Waals surface area contributed by atoms with Crippen molar-refractivity contribution in [1.82, 2.24) is 15.2 Å². The molecule has 6 nitrogen and oxygen atoms in total. The molecule has 3 aromatic rings. The Kier molecular flexibility index (Phi) is 7.17. The van der Waals surface area contributed by atoms with Gasteiger partial charge in [-0.3, -0.25) is 25.1 Å². The Labute approximate surface area is 230 Å². The van der Waals surface area contributed by atoms with Crippen LogP contribution in [0.4, 0.5) is 14.9 Å². The fourth-order valence-corrected chi connectivity index (χ4v) is 6.52. The lowest BCUT2D eigenvalue weighted by molar-refractivity contribution is 0.184. The quantitative estimate of drug-likeness (QED) is 0.414. The first kappa shape index (κ1) is 25.7. The van der Waals surface area contributed by atoms with E-state index < -0.39 is 5.54 Å². The Bertz CT molecular complexity index is 1370. The predicted octanol–water partition coefficient (Wildman–Crippen LogP) is 6.49. The lowest BCUT2D eigenvalue weighted by Gasteiger charge is -2.44. The third-order valence-corrected chi connectivity index (χ3v) is 8.58. The van der Waals surface area contributed by atoms with E-state index in [1.54, 1.807) is 11.0 Å². The van der Waals surface area contributed by atoms with E-state index in [2.05, 4.69) is 45.5 Å². The van der Waals surface area contributed by atoms with Gasteiger partial charge in [-0.1, -0.05) is 49.6 Å². The third-order valence-electron chi connectivity index (χ3n) is 8.58. The lowest BCUT2D eigenvalue weighted by atomic mass is 9.84. The Hall–Kier alpha value is -3.58. The zero-order valence-electron chi connectivity index (χ0n) is 22.6. The number of hydrogen-bond acceptors (Lipinski definition) is 4. The Balaban J connectivity index is 1.25. The summed E-state index contributed by atoms with van der Waals surface area (Å²) >= 11 is 0. The molecule has 0 atom stereocenters. The van der Waals surface area contributed by atoms with E-state index in [1.807, 2.05) is 25.3 Å². The van der Waals surface area contributed by atoms with Crippen molar-refractivity contribution in [3.63, 3.8) is 0 Å². The van der Waals surface area contributed by atoms with E-state index >= 15 is 0 Å². The molecular formula is C32H36FN5O. The molecule has 39 heavy (non-hydrogen) atoms. The number of carbonyl (C=O) groups excluding carboxylic acids is 1. The Morgan fingerprint density at radius 1 is 1.03 bits per heavy atom. The minimum absolute atomic E-state index is 0.205. The van der Waals surface area contributed by atoms with E-state index in [0.717, 1.165) is 62.4 Å². The fourth-order valence-electron chi connectivity index (χ4n) is 6.52. The molecule has 202 valence electrons. The summed E-state index contributed by atoms with van der Waals surface area (Å²) in [5.74, 6) is 0.437. The maximum Gasteiger partial charge on any atom is 0.328 e. The van der Waals surface area contributed by atoms with Crippen molar-refractivity contribution in [2.24, 2.45) is 4.99 Å². The number of aromatic nitrogens is 1. The first-order chi connectivity index (χ1) is 19.0. The molecule has 2 saturated heterocycles. The molecule has 2 aromatic carbocycles. The number of aliphatic imine (C=N–C) groups is 1. The molecule has 7 heteroatoms. The van der Waals surface area contributed by atoms with Crippen LogP contribution in [0.3, 0.4) is 0 Å². The fraction of sp³-hybridized carbons (Fsp3) is 0.406. The van der Waals surface area contributed by atoms with Gasteiger partial charge in [0.2, 0.25) is 0 Å². The monoisotopic (exact) mass is 525 g/mol. The molecule has 1 saturated carbocycles. The standard InChI is InChI=1S/C32H36FN5O/c1-23-29(14-7-17-34-23)25-9-5-8-24(20-25)22-37-18-15-32(16-19-37)30(35-27-11-3-2-4-12-27)36-31(39)38(32)28-13-6-10-26(33)21-28/h5-10,13-14,17,20-21,27H,2-4,11-12,15-16,18-19,22H2,1H3,(H,35,36,39). The molecule has 0 bridgehead atoms. The van der Waals surface area contributed by atoms with Gasteiger partial charge in [-0.25, -0.2) is 9.18 Å². The number of amidine groups is 1. The van der Waals surface area contributed by atoms with Gasteiger partial charge < -0.3 is 0 Å². The van der Waals surface area contributed by atoms with Gasteiger partial charge in [0.25, 0.3) is 0 Å². The van der Waals surface area contributed by atoms with Crippen molar-refractivity contribution in [2.45, 2.75) is 70.0 Å². The number of likely N-dealkylation sites (tertiary alicyclic amines) is 1. The highest BCUT2D eigenvalue weighted by Crippen LogP contribution is 2.39. The number of amides is 2. The molecule has 0 unspecified atom stereocenters. The summed E-state index contributed by atoms with van der Waals surface area (Å²) in [5.41, 5.74) is 4.63. The molecule has 1 aliphatic carbocycles. The van der Waals surface area contributed by atoms with Gasteiger partial charge in [-0.05, 0) is 74.1 Å². The number of aryl methyl sites for hydroxylation is 1. The van der Waals surface area contributed by atoms with Crippen LogP contribution in [-0.2, 0) is 6.54 Å². The highest BCUT2D eigenvalue weighted by atomic mass is 19.1. The first-order valence-electron chi connectivity index (χ1n) is 14.2. The Morgan fingerprint density at radius 3 is 2.59 bits per heavy atom. The number of pyridine rings is 1. The molecule has 6 rings (SSSR count). The van der Waals surface area contributed by atoms with Crippen LogP contribution < -0.4 is 10.2 Å². The van der Waals surface area contributed by atoms with E-state index in [-0.39, 0.29) is 17.9 Å². The second kappa shape index (κ2) is 10.9. The molecule has 2 aliphatic heterocycles. The van der Waals surface area contributed by atoms with Crippen LogP contribution >= 0.6 is 0 Å². The van der Waals surface area contributed by atoms with Gasteiger partial charge in [0.15, 0.2) is 0 Å². The van der Waals surface area contributed by atoms with Crippen LogP contribution in [0.25, 0.3) is 11.1 Å². The van der Waals surface area contributed by atoms with Crippen molar-refractivity contribution in [1.29, 1.82) is 0 Å². The summed E-state index contributed by atoms with van der Waals surface area (Å²) in [6.45, 7) is 4.51. The van der Waals surface area contributed by atoms with Crippen LogP contribution in [-0.4, -0.2) is 46.4 Å². The number of nitrogens with zero attached hydrogens (tertiary/aromatic N) is 4. The molecule has 0 radical (unpaired) electrons. The highest BCUT2D eigenvalue weighted by molar-refractivity contribution is 6.19. The summed E-state index contributed by atoms with van der Waals surface area (Å²) in [6.07, 6.45) is 9.06. The van der Waals surface area contributed by atoms with Crippen molar-refractivity contribution in [3.8, 4) is 11.1 Å². The molecule has 3 heterocycles.